The molecular formula is C12H13BrN2OS. The Balaban J connectivity index is 1.86. The lowest BCUT2D eigenvalue weighted by molar-refractivity contribution is 0.0929. The van der Waals surface area contributed by atoms with Crippen LogP contribution in [0.2, 0.25) is 0 Å². The first-order valence-electron chi connectivity index (χ1n) is 5.63. The van der Waals surface area contributed by atoms with Gasteiger partial charge < -0.3 is 5.32 Å². The van der Waals surface area contributed by atoms with Crippen LogP contribution in [0.4, 0.5) is 0 Å². The topological polar surface area (TPSA) is 52.9 Å². The Hall–Kier alpha value is -0.860. The smallest absolute Gasteiger partial charge is 0.261 e. The molecule has 1 aliphatic rings. The van der Waals surface area contributed by atoms with E-state index in [1.165, 1.54) is 11.3 Å². The van der Waals surface area contributed by atoms with Gasteiger partial charge in [0.15, 0.2) is 0 Å². The van der Waals surface area contributed by atoms with E-state index in [0.29, 0.717) is 0 Å². The van der Waals surface area contributed by atoms with Gasteiger partial charge in [-0.05, 0) is 47.7 Å². The van der Waals surface area contributed by atoms with Crippen LogP contribution in [0.5, 0.6) is 0 Å². The van der Waals surface area contributed by atoms with Crippen molar-refractivity contribution in [2.45, 2.75) is 31.7 Å². The Bertz CT molecular complexity index is 444. The molecule has 1 fully saturated rings. The van der Waals surface area contributed by atoms with E-state index in [9.17, 15) is 4.79 Å². The zero-order chi connectivity index (χ0) is 12.3. The van der Waals surface area contributed by atoms with Gasteiger partial charge >= 0.3 is 0 Å². The average molecular weight is 313 g/mol. The second-order valence-corrected chi connectivity index (χ2v) is 6.11. The largest absolute Gasteiger partial charge is 0.349 e. The van der Waals surface area contributed by atoms with E-state index in [1.54, 1.807) is 0 Å². The van der Waals surface area contributed by atoms with Crippen molar-refractivity contribution < 1.29 is 4.79 Å². The van der Waals surface area contributed by atoms with E-state index < -0.39 is 0 Å². The third-order valence-electron chi connectivity index (χ3n) is 3.04. The maximum Gasteiger partial charge on any atom is 0.261 e. The molecular weight excluding hydrogens is 300 g/mol. The highest BCUT2D eigenvalue weighted by atomic mass is 79.9. The molecule has 90 valence electrons. The summed E-state index contributed by atoms with van der Waals surface area (Å²) in [4.78, 5) is 12.6. The van der Waals surface area contributed by atoms with Gasteiger partial charge in [-0.3, -0.25) is 4.79 Å². The van der Waals surface area contributed by atoms with Gasteiger partial charge in [0.25, 0.3) is 5.91 Å². The second kappa shape index (κ2) is 5.65. The summed E-state index contributed by atoms with van der Waals surface area (Å²) in [6.45, 7) is 0. The van der Waals surface area contributed by atoms with E-state index in [0.717, 1.165) is 35.0 Å². The standard InChI is InChI=1S/C12H13BrN2OS/c13-9-5-11(17-7-9)12(16)15-10-3-1-8(6-14)2-4-10/h5,7-8,10H,1-4H2,(H,15,16). The average Bonchev–Trinajstić information content (AvgIpc) is 2.77. The number of carbonyl (C=O) groups is 1. The number of nitrogens with one attached hydrogen (secondary N) is 1. The summed E-state index contributed by atoms with van der Waals surface area (Å²) in [5.74, 6) is 0.181. The number of nitrogens with zero attached hydrogens (tertiary/aromatic N) is 1. The lowest BCUT2D eigenvalue weighted by Gasteiger charge is -2.25. The number of nitriles is 1. The molecule has 0 aromatic carbocycles. The molecule has 5 heteroatoms. The molecule has 0 spiro atoms. The van der Waals surface area contributed by atoms with Crippen molar-refractivity contribution in [1.29, 1.82) is 5.26 Å². The van der Waals surface area contributed by atoms with Crippen LogP contribution in [0.25, 0.3) is 0 Å². The highest BCUT2D eigenvalue weighted by Gasteiger charge is 2.22. The normalized spacial score (nSPS) is 24.0. The molecule has 1 aromatic rings. The van der Waals surface area contributed by atoms with Gasteiger partial charge in [-0.25, -0.2) is 0 Å². The van der Waals surface area contributed by atoms with Crippen LogP contribution in [-0.4, -0.2) is 11.9 Å². The zero-order valence-electron chi connectivity index (χ0n) is 9.28. The summed E-state index contributed by atoms with van der Waals surface area (Å²) in [5.41, 5.74) is 0. The first-order chi connectivity index (χ1) is 8.19. The molecule has 0 unspecified atom stereocenters. The summed E-state index contributed by atoms with van der Waals surface area (Å²) in [7, 11) is 0. The predicted molar refractivity (Wildman–Crippen MR) is 70.8 cm³/mol. The summed E-state index contributed by atoms with van der Waals surface area (Å²) in [6, 6.07) is 4.36. The minimum Gasteiger partial charge on any atom is -0.349 e. The molecule has 1 heterocycles. The monoisotopic (exact) mass is 312 g/mol. The maximum atomic E-state index is 11.9. The van der Waals surface area contributed by atoms with Crippen LogP contribution in [0, 0.1) is 17.2 Å². The number of hydrogen-bond acceptors (Lipinski definition) is 3. The Morgan fingerprint density at radius 2 is 2.18 bits per heavy atom. The molecule has 1 amide bonds. The Morgan fingerprint density at radius 3 is 2.71 bits per heavy atom. The zero-order valence-corrected chi connectivity index (χ0v) is 11.7. The third kappa shape index (κ3) is 3.30. The molecule has 1 N–H and O–H groups in total. The number of carbonyl (C=O) groups excluding carboxylic acids is 1. The molecule has 2 rings (SSSR count). The fourth-order valence-corrected chi connectivity index (χ4v) is 3.38. The molecule has 0 saturated heterocycles. The number of rotatable bonds is 2. The highest BCUT2D eigenvalue weighted by molar-refractivity contribution is 9.10. The Labute approximate surface area is 113 Å². The predicted octanol–water partition coefficient (Wildman–Crippen LogP) is 3.32. The van der Waals surface area contributed by atoms with Gasteiger partial charge in [0.2, 0.25) is 0 Å². The second-order valence-electron chi connectivity index (χ2n) is 4.28. The molecule has 0 atom stereocenters. The molecule has 3 nitrogen and oxygen atoms in total. The van der Waals surface area contributed by atoms with E-state index in [2.05, 4.69) is 27.3 Å². The molecule has 1 aliphatic carbocycles. The van der Waals surface area contributed by atoms with E-state index in [-0.39, 0.29) is 17.9 Å². The van der Waals surface area contributed by atoms with Gasteiger partial charge in [0.1, 0.15) is 0 Å². The van der Waals surface area contributed by atoms with Crippen molar-refractivity contribution >= 4 is 33.2 Å². The number of amides is 1. The van der Waals surface area contributed by atoms with Crippen molar-refractivity contribution in [3.63, 3.8) is 0 Å². The van der Waals surface area contributed by atoms with Crippen LogP contribution >= 0.6 is 27.3 Å². The van der Waals surface area contributed by atoms with Crippen molar-refractivity contribution in [1.82, 2.24) is 5.32 Å². The maximum absolute atomic E-state index is 11.9. The molecule has 0 aliphatic heterocycles. The Kier molecular flexibility index (Phi) is 4.19. The SMILES string of the molecule is N#CC1CCC(NC(=O)c2cc(Br)cs2)CC1. The van der Waals surface area contributed by atoms with Crippen molar-refractivity contribution in [2.75, 3.05) is 0 Å². The van der Waals surface area contributed by atoms with Gasteiger partial charge in [0.05, 0.1) is 10.9 Å². The van der Waals surface area contributed by atoms with Gasteiger partial charge in [-0.15, -0.1) is 11.3 Å². The molecule has 0 radical (unpaired) electrons. The summed E-state index contributed by atoms with van der Waals surface area (Å²) < 4.78 is 0.945. The first kappa shape index (κ1) is 12.6. The van der Waals surface area contributed by atoms with E-state index in [1.807, 2.05) is 11.4 Å². The molecule has 0 bridgehead atoms. The summed E-state index contributed by atoms with van der Waals surface area (Å²) in [6.07, 6.45) is 3.62. The molecule has 1 aromatic heterocycles. The van der Waals surface area contributed by atoms with E-state index >= 15 is 0 Å². The highest BCUT2D eigenvalue weighted by Crippen LogP contribution is 2.24. The van der Waals surface area contributed by atoms with Crippen LogP contribution in [-0.2, 0) is 0 Å². The number of halogens is 1. The van der Waals surface area contributed by atoms with Gasteiger partial charge in [-0.1, -0.05) is 0 Å². The van der Waals surface area contributed by atoms with E-state index in [4.69, 9.17) is 5.26 Å². The van der Waals surface area contributed by atoms with Crippen molar-refractivity contribution in [3.05, 3.63) is 20.8 Å². The number of thiophene rings is 1. The Morgan fingerprint density at radius 1 is 1.47 bits per heavy atom. The van der Waals surface area contributed by atoms with Gasteiger partial charge in [-0.2, -0.15) is 5.26 Å². The lowest BCUT2D eigenvalue weighted by Crippen LogP contribution is -2.37. The molecule has 1 saturated carbocycles. The quantitative estimate of drug-likeness (QED) is 0.910. The van der Waals surface area contributed by atoms with Crippen LogP contribution in [0.3, 0.4) is 0 Å². The fourth-order valence-electron chi connectivity index (χ4n) is 2.06. The van der Waals surface area contributed by atoms with Crippen molar-refractivity contribution in [3.8, 4) is 6.07 Å². The lowest BCUT2D eigenvalue weighted by atomic mass is 9.87. The van der Waals surface area contributed by atoms with Gasteiger partial charge in [0, 0.05) is 21.8 Å². The van der Waals surface area contributed by atoms with Crippen LogP contribution < -0.4 is 5.32 Å². The number of hydrogen-bond donors (Lipinski definition) is 1. The third-order valence-corrected chi connectivity index (χ3v) is 4.73. The van der Waals surface area contributed by atoms with Crippen LogP contribution in [0.15, 0.2) is 15.9 Å². The fraction of sp³-hybridized carbons (Fsp3) is 0.500. The minimum absolute atomic E-state index is 0.00103. The van der Waals surface area contributed by atoms with Crippen molar-refractivity contribution in [2.24, 2.45) is 5.92 Å². The summed E-state index contributed by atoms with van der Waals surface area (Å²) in [5, 5.41) is 13.7. The molecule has 17 heavy (non-hydrogen) atoms. The first-order valence-corrected chi connectivity index (χ1v) is 7.31. The minimum atomic E-state index is 0.00103. The summed E-state index contributed by atoms with van der Waals surface area (Å²) >= 11 is 4.78. The van der Waals surface area contributed by atoms with Crippen LogP contribution in [0.1, 0.15) is 35.4 Å².